The van der Waals surface area contributed by atoms with Crippen LogP contribution in [-0.4, -0.2) is 42.7 Å². The van der Waals surface area contributed by atoms with Crippen LogP contribution in [0.4, 0.5) is 5.69 Å². The van der Waals surface area contributed by atoms with Crippen molar-refractivity contribution in [2.75, 3.05) is 11.9 Å². The van der Waals surface area contributed by atoms with E-state index >= 15 is 0 Å². The Morgan fingerprint density at radius 2 is 1.97 bits per heavy atom. The van der Waals surface area contributed by atoms with E-state index < -0.39 is 28.0 Å². The van der Waals surface area contributed by atoms with Gasteiger partial charge in [0.2, 0.25) is 10.0 Å². The molecule has 1 aromatic carbocycles. The minimum atomic E-state index is -3.72. The number of ether oxygens (including phenoxy) is 1. The summed E-state index contributed by atoms with van der Waals surface area (Å²) in [6.45, 7) is 7.15. The number of sulfonamides is 1. The van der Waals surface area contributed by atoms with Crippen LogP contribution in [0.15, 0.2) is 29.2 Å². The SMILES string of the molecule is CCCNS(=O)(=O)c1cccc(C(=O)O[C@@H](C)C(=O)Nc2c(C)nn(C)c2C)c1. The Balaban J connectivity index is 2.09. The largest absolute Gasteiger partial charge is 0.449 e. The van der Waals surface area contributed by atoms with Gasteiger partial charge in [-0.1, -0.05) is 13.0 Å². The summed E-state index contributed by atoms with van der Waals surface area (Å²) in [6.07, 6.45) is -0.441. The summed E-state index contributed by atoms with van der Waals surface area (Å²) >= 11 is 0. The summed E-state index contributed by atoms with van der Waals surface area (Å²) in [4.78, 5) is 24.8. The molecule has 9 nitrogen and oxygen atoms in total. The lowest BCUT2D eigenvalue weighted by molar-refractivity contribution is -0.123. The molecule has 2 rings (SSSR count). The highest BCUT2D eigenvalue weighted by Crippen LogP contribution is 2.19. The number of rotatable bonds is 8. The first kappa shape index (κ1) is 22.6. The Labute approximate surface area is 170 Å². The van der Waals surface area contributed by atoms with Crippen molar-refractivity contribution in [3.8, 4) is 0 Å². The molecule has 29 heavy (non-hydrogen) atoms. The van der Waals surface area contributed by atoms with Gasteiger partial charge in [-0.2, -0.15) is 5.10 Å². The van der Waals surface area contributed by atoms with Gasteiger partial charge in [0.1, 0.15) is 0 Å². The second-order valence-corrected chi connectivity index (χ2v) is 8.40. The molecule has 1 aromatic heterocycles. The molecule has 0 aliphatic carbocycles. The van der Waals surface area contributed by atoms with Crippen molar-refractivity contribution in [3.63, 3.8) is 0 Å². The van der Waals surface area contributed by atoms with E-state index in [-0.39, 0.29) is 10.5 Å². The van der Waals surface area contributed by atoms with Crippen molar-refractivity contribution in [1.82, 2.24) is 14.5 Å². The number of aromatic nitrogens is 2. The minimum Gasteiger partial charge on any atom is -0.449 e. The van der Waals surface area contributed by atoms with E-state index in [4.69, 9.17) is 4.74 Å². The first-order chi connectivity index (χ1) is 13.6. The molecule has 2 N–H and O–H groups in total. The molecule has 2 aromatic rings. The fraction of sp³-hybridized carbons (Fsp3) is 0.421. The van der Waals surface area contributed by atoms with Crippen molar-refractivity contribution in [2.45, 2.75) is 45.1 Å². The second-order valence-electron chi connectivity index (χ2n) is 6.63. The van der Waals surface area contributed by atoms with Gasteiger partial charge in [0.25, 0.3) is 5.91 Å². The third-order valence-corrected chi connectivity index (χ3v) is 5.79. The van der Waals surface area contributed by atoms with Gasteiger partial charge in [-0.3, -0.25) is 9.48 Å². The van der Waals surface area contributed by atoms with Gasteiger partial charge in [-0.25, -0.2) is 17.9 Å². The number of hydrogen-bond acceptors (Lipinski definition) is 6. The van der Waals surface area contributed by atoms with Gasteiger partial charge < -0.3 is 10.1 Å². The lowest BCUT2D eigenvalue weighted by Crippen LogP contribution is -2.30. The van der Waals surface area contributed by atoms with Gasteiger partial charge in [0.05, 0.1) is 27.5 Å². The molecule has 0 aliphatic rings. The van der Waals surface area contributed by atoms with Crippen LogP contribution in [0.1, 0.15) is 42.0 Å². The third kappa shape index (κ3) is 5.42. The van der Waals surface area contributed by atoms with Gasteiger partial charge in [-0.15, -0.1) is 0 Å². The Kier molecular flexibility index (Phi) is 7.15. The number of carbonyl (C=O) groups is 2. The molecule has 0 radical (unpaired) electrons. The van der Waals surface area contributed by atoms with Gasteiger partial charge in [0, 0.05) is 13.6 Å². The molecule has 0 saturated carbocycles. The average molecular weight is 423 g/mol. The van der Waals surface area contributed by atoms with E-state index in [1.165, 1.54) is 31.2 Å². The van der Waals surface area contributed by atoms with Gasteiger partial charge in [-0.05, 0) is 45.4 Å². The Hall–Kier alpha value is -2.72. The summed E-state index contributed by atoms with van der Waals surface area (Å²) in [5, 5.41) is 6.93. The zero-order valence-corrected chi connectivity index (χ0v) is 18.0. The highest BCUT2D eigenvalue weighted by atomic mass is 32.2. The predicted octanol–water partition coefficient (Wildman–Crippen LogP) is 1.91. The topological polar surface area (TPSA) is 119 Å². The summed E-state index contributed by atoms with van der Waals surface area (Å²) in [7, 11) is -1.96. The quantitative estimate of drug-likeness (QED) is 0.627. The van der Waals surface area contributed by atoms with Crippen molar-refractivity contribution < 1.29 is 22.7 Å². The van der Waals surface area contributed by atoms with Gasteiger partial charge >= 0.3 is 5.97 Å². The maximum atomic E-state index is 12.4. The smallest absolute Gasteiger partial charge is 0.338 e. The molecular weight excluding hydrogens is 396 g/mol. The van der Waals surface area contributed by atoms with Crippen LogP contribution in [0.25, 0.3) is 0 Å². The zero-order valence-electron chi connectivity index (χ0n) is 17.1. The van der Waals surface area contributed by atoms with Crippen LogP contribution in [0.5, 0.6) is 0 Å². The molecule has 0 fully saturated rings. The van der Waals surface area contributed by atoms with Crippen LogP contribution >= 0.6 is 0 Å². The molecule has 1 amide bonds. The third-order valence-electron chi connectivity index (χ3n) is 4.33. The van der Waals surface area contributed by atoms with Crippen LogP contribution < -0.4 is 10.0 Å². The average Bonchev–Trinajstić information content (AvgIpc) is 2.92. The number of nitrogens with zero attached hydrogens (tertiary/aromatic N) is 2. The fourth-order valence-electron chi connectivity index (χ4n) is 2.57. The Morgan fingerprint density at radius 1 is 1.28 bits per heavy atom. The van der Waals surface area contributed by atoms with Crippen molar-refractivity contribution in [3.05, 3.63) is 41.2 Å². The Bertz CT molecular complexity index is 1010. The fourth-order valence-corrected chi connectivity index (χ4v) is 3.75. The first-order valence-corrected chi connectivity index (χ1v) is 10.7. The standard InChI is InChI=1S/C19H26N4O5S/c1-6-10-20-29(26,27)16-9-7-8-15(11-16)19(25)28-14(4)18(24)21-17-12(2)22-23(5)13(17)3/h7-9,11,14,20H,6,10H2,1-5H3,(H,21,24)/t14-/m0/s1. The zero-order chi connectivity index (χ0) is 21.8. The predicted molar refractivity (Wildman–Crippen MR) is 108 cm³/mol. The molecule has 158 valence electrons. The highest BCUT2D eigenvalue weighted by Gasteiger charge is 2.23. The first-order valence-electron chi connectivity index (χ1n) is 9.18. The second kappa shape index (κ2) is 9.19. The van der Waals surface area contributed by atoms with Crippen molar-refractivity contribution >= 4 is 27.6 Å². The number of esters is 1. The number of amides is 1. The molecule has 0 unspecified atom stereocenters. The minimum absolute atomic E-state index is 0.0396. The maximum absolute atomic E-state index is 12.4. The summed E-state index contributed by atoms with van der Waals surface area (Å²) in [5.41, 5.74) is 2.02. The molecule has 0 bridgehead atoms. The number of anilines is 1. The van der Waals surface area contributed by atoms with Crippen molar-refractivity contribution in [1.29, 1.82) is 0 Å². The molecule has 1 atom stereocenters. The Morgan fingerprint density at radius 3 is 2.55 bits per heavy atom. The van der Waals surface area contributed by atoms with Crippen LogP contribution in [0.3, 0.4) is 0 Å². The molecule has 1 heterocycles. The van der Waals surface area contributed by atoms with E-state index in [1.807, 2.05) is 13.8 Å². The highest BCUT2D eigenvalue weighted by molar-refractivity contribution is 7.89. The number of aryl methyl sites for hydroxylation is 2. The number of carbonyl (C=O) groups excluding carboxylic acids is 2. The van der Waals surface area contributed by atoms with E-state index in [9.17, 15) is 18.0 Å². The van der Waals surface area contributed by atoms with Crippen molar-refractivity contribution in [2.24, 2.45) is 7.05 Å². The lowest BCUT2D eigenvalue weighted by Gasteiger charge is -2.14. The molecule has 0 aliphatic heterocycles. The maximum Gasteiger partial charge on any atom is 0.338 e. The molecular formula is C19H26N4O5S. The van der Waals surface area contributed by atoms with E-state index in [0.717, 1.165) is 5.69 Å². The monoisotopic (exact) mass is 422 g/mol. The molecule has 10 heteroatoms. The number of nitrogens with one attached hydrogen (secondary N) is 2. The van der Waals surface area contributed by atoms with E-state index in [2.05, 4.69) is 15.1 Å². The normalized spacial score (nSPS) is 12.4. The number of hydrogen-bond donors (Lipinski definition) is 2. The number of benzene rings is 1. The summed E-state index contributed by atoms with van der Waals surface area (Å²) < 4.78 is 33.7. The van der Waals surface area contributed by atoms with Gasteiger partial charge in [0.15, 0.2) is 6.10 Å². The molecule has 0 saturated heterocycles. The van der Waals surface area contributed by atoms with Crippen LogP contribution in [0.2, 0.25) is 0 Å². The van der Waals surface area contributed by atoms with Crippen LogP contribution in [0, 0.1) is 13.8 Å². The summed E-state index contributed by atoms with van der Waals surface area (Å²) in [5.74, 6) is -1.30. The van der Waals surface area contributed by atoms with E-state index in [1.54, 1.807) is 18.7 Å². The summed E-state index contributed by atoms with van der Waals surface area (Å²) in [6, 6.07) is 5.49. The lowest BCUT2D eigenvalue weighted by atomic mass is 10.2. The molecule has 0 spiro atoms. The van der Waals surface area contributed by atoms with E-state index in [0.29, 0.717) is 24.3 Å². The van der Waals surface area contributed by atoms with Crippen LogP contribution in [-0.2, 0) is 26.6 Å².